The number of thiazole rings is 1. The molecule has 2 rings (SSSR count). The van der Waals surface area contributed by atoms with Crippen LogP contribution in [0.4, 0.5) is 11.1 Å². The molecule has 0 amide bonds. The van der Waals surface area contributed by atoms with E-state index in [0.717, 1.165) is 18.7 Å². The molecule has 2 N–H and O–H groups in total. The predicted molar refractivity (Wildman–Crippen MR) is 78.5 cm³/mol. The Labute approximate surface area is 121 Å². The van der Waals surface area contributed by atoms with Crippen LogP contribution in [0.2, 0.25) is 0 Å². The molecule has 0 saturated carbocycles. The predicted octanol–water partition coefficient (Wildman–Crippen LogP) is 1.86. The minimum absolute atomic E-state index is 0.00685. The molecule has 2 heterocycles. The summed E-state index contributed by atoms with van der Waals surface area (Å²) in [5.41, 5.74) is 0.767. The van der Waals surface area contributed by atoms with Gasteiger partial charge in [-0.1, -0.05) is 6.92 Å². The molecule has 0 bridgehead atoms. The van der Waals surface area contributed by atoms with Gasteiger partial charge in [-0.15, -0.1) is 11.3 Å². The van der Waals surface area contributed by atoms with E-state index in [9.17, 15) is 8.42 Å². The van der Waals surface area contributed by atoms with Crippen LogP contribution >= 0.6 is 11.3 Å². The molecule has 7 nitrogen and oxygen atoms in total. The number of aryl methyl sites for hydroxylation is 1. The summed E-state index contributed by atoms with van der Waals surface area (Å²) in [5.74, 6) is 0.413. The Morgan fingerprint density at radius 3 is 2.55 bits per heavy atom. The van der Waals surface area contributed by atoms with Crippen LogP contribution in [0.25, 0.3) is 0 Å². The fourth-order valence-corrected chi connectivity index (χ4v) is 3.19. The summed E-state index contributed by atoms with van der Waals surface area (Å²) < 4.78 is 26.6. The van der Waals surface area contributed by atoms with Crippen molar-refractivity contribution in [1.29, 1.82) is 0 Å². The third kappa shape index (κ3) is 3.64. The maximum atomic E-state index is 12.1. The summed E-state index contributed by atoms with van der Waals surface area (Å²) in [5, 5.41) is 5.08. The lowest BCUT2D eigenvalue weighted by atomic mass is 10.5. The number of sulfonamides is 1. The van der Waals surface area contributed by atoms with Crippen molar-refractivity contribution in [3.05, 3.63) is 23.5 Å². The van der Waals surface area contributed by atoms with Gasteiger partial charge in [-0.05, 0) is 13.3 Å². The van der Waals surface area contributed by atoms with E-state index in [4.69, 9.17) is 0 Å². The van der Waals surface area contributed by atoms with Crippen molar-refractivity contribution >= 4 is 32.4 Å². The zero-order chi connectivity index (χ0) is 14.6. The molecule has 0 saturated heterocycles. The van der Waals surface area contributed by atoms with Crippen molar-refractivity contribution < 1.29 is 8.42 Å². The summed E-state index contributed by atoms with van der Waals surface area (Å²) in [6.45, 7) is 4.56. The number of hydrogen-bond acceptors (Lipinski definition) is 7. The largest absolute Gasteiger partial charge is 0.354 e. The molecule has 0 radical (unpaired) electrons. The second-order valence-electron chi connectivity index (χ2n) is 4.07. The molecule has 0 aliphatic heterocycles. The normalized spacial score (nSPS) is 11.3. The third-order valence-electron chi connectivity index (χ3n) is 2.31. The fourth-order valence-electron chi connectivity index (χ4n) is 1.36. The molecule has 0 spiro atoms. The van der Waals surface area contributed by atoms with E-state index in [1.165, 1.54) is 23.7 Å². The van der Waals surface area contributed by atoms with Gasteiger partial charge in [-0.3, -0.25) is 4.72 Å². The summed E-state index contributed by atoms with van der Waals surface area (Å²) in [7, 11) is -3.69. The molecule has 0 atom stereocenters. The maximum absolute atomic E-state index is 12.1. The lowest BCUT2D eigenvalue weighted by molar-refractivity contribution is 0.600. The molecular weight excluding hydrogens is 298 g/mol. The number of anilines is 2. The highest BCUT2D eigenvalue weighted by molar-refractivity contribution is 7.93. The molecule has 0 aromatic carbocycles. The summed E-state index contributed by atoms with van der Waals surface area (Å²) >= 11 is 1.23. The van der Waals surface area contributed by atoms with Gasteiger partial charge in [-0.25, -0.2) is 23.4 Å². The molecule has 0 fully saturated rings. The van der Waals surface area contributed by atoms with Gasteiger partial charge >= 0.3 is 0 Å². The van der Waals surface area contributed by atoms with E-state index in [1.807, 2.05) is 6.92 Å². The van der Waals surface area contributed by atoms with Gasteiger partial charge in [0.2, 0.25) is 5.95 Å². The van der Waals surface area contributed by atoms with Crippen LogP contribution in [0.3, 0.4) is 0 Å². The number of nitrogens with one attached hydrogen (secondary N) is 2. The lowest BCUT2D eigenvalue weighted by Gasteiger charge is -2.06. The Balaban J connectivity index is 2.13. The second-order valence-corrected chi connectivity index (χ2v) is 6.61. The number of hydrogen-bond donors (Lipinski definition) is 2. The monoisotopic (exact) mass is 313 g/mol. The van der Waals surface area contributed by atoms with Crippen LogP contribution in [0.5, 0.6) is 0 Å². The van der Waals surface area contributed by atoms with Gasteiger partial charge in [0.1, 0.15) is 4.90 Å². The molecular formula is C11H15N5O2S2. The van der Waals surface area contributed by atoms with Crippen LogP contribution in [-0.4, -0.2) is 29.9 Å². The highest BCUT2D eigenvalue weighted by atomic mass is 32.2. The molecule has 9 heteroatoms. The van der Waals surface area contributed by atoms with Gasteiger partial charge in [0.05, 0.1) is 18.1 Å². The number of nitrogens with zero attached hydrogens (tertiary/aromatic N) is 3. The molecule has 108 valence electrons. The quantitative estimate of drug-likeness (QED) is 0.845. The average molecular weight is 313 g/mol. The topological polar surface area (TPSA) is 96.9 Å². The first-order chi connectivity index (χ1) is 9.51. The maximum Gasteiger partial charge on any atom is 0.266 e. The second kappa shape index (κ2) is 6.14. The van der Waals surface area contributed by atoms with Gasteiger partial charge in [0.25, 0.3) is 10.0 Å². The minimum Gasteiger partial charge on any atom is -0.354 e. The van der Waals surface area contributed by atoms with Gasteiger partial charge < -0.3 is 5.32 Å². The zero-order valence-electron chi connectivity index (χ0n) is 11.1. The SMILES string of the molecule is CCCNc1ncc(S(=O)(=O)Nc2nc(C)cs2)cn1. The molecule has 2 aromatic rings. The van der Waals surface area contributed by atoms with E-state index in [-0.39, 0.29) is 4.90 Å². The fraction of sp³-hybridized carbons (Fsp3) is 0.364. The zero-order valence-corrected chi connectivity index (χ0v) is 12.8. The Kier molecular flexibility index (Phi) is 4.50. The van der Waals surface area contributed by atoms with Gasteiger partial charge in [0.15, 0.2) is 5.13 Å². The lowest BCUT2D eigenvalue weighted by Crippen LogP contribution is -2.14. The van der Waals surface area contributed by atoms with Crippen molar-refractivity contribution in [2.45, 2.75) is 25.2 Å². The van der Waals surface area contributed by atoms with E-state index >= 15 is 0 Å². The summed E-state index contributed by atoms with van der Waals surface area (Å²) in [4.78, 5) is 12.0. The van der Waals surface area contributed by atoms with Crippen LogP contribution < -0.4 is 10.0 Å². The highest BCUT2D eigenvalue weighted by Crippen LogP contribution is 2.19. The molecule has 2 aromatic heterocycles. The summed E-state index contributed by atoms with van der Waals surface area (Å²) in [6, 6.07) is 0. The molecule has 0 aliphatic carbocycles. The minimum atomic E-state index is -3.69. The van der Waals surface area contributed by atoms with Crippen molar-refractivity contribution in [1.82, 2.24) is 15.0 Å². The molecule has 20 heavy (non-hydrogen) atoms. The van der Waals surface area contributed by atoms with Crippen molar-refractivity contribution in [2.24, 2.45) is 0 Å². The van der Waals surface area contributed by atoms with Crippen LogP contribution in [0, 0.1) is 6.92 Å². The first-order valence-corrected chi connectivity index (χ1v) is 8.38. The van der Waals surface area contributed by atoms with Crippen LogP contribution in [0.15, 0.2) is 22.7 Å². The van der Waals surface area contributed by atoms with Gasteiger partial charge in [0, 0.05) is 11.9 Å². The van der Waals surface area contributed by atoms with Crippen molar-refractivity contribution in [3.8, 4) is 0 Å². The van der Waals surface area contributed by atoms with E-state index < -0.39 is 10.0 Å². The standard InChI is InChI=1S/C11H15N5O2S2/c1-3-4-12-10-13-5-9(6-14-10)20(17,18)16-11-15-8(2)7-19-11/h5-7H,3-4H2,1-2H3,(H,15,16)(H,12,13,14). The number of rotatable bonds is 6. The van der Waals surface area contributed by atoms with E-state index in [0.29, 0.717) is 11.1 Å². The Morgan fingerprint density at radius 2 is 2.00 bits per heavy atom. The molecule has 0 unspecified atom stereocenters. The molecule has 0 aliphatic rings. The van der Waals surface area contributed by atoms with Crippen LogP contribution in [0.1, 0.15) is 19.0 Å². The number of aromatic nitrogens is 3. The first kappa shape index (κ1) is 14.7. The third-order valence-corrected chi connectivity index (χ3v) is 4.61. The highest BCUT2D eigenvalue weighted by Gasteiger charge is 2.17. The van der Waals surface area contributed by atoms with E-state index in [2.05, 4.69) is 25.0 Å². The van der Waals surface area contributed by atoms with Crippen LogP contribution in [-0.2, 0) is 10.0 Å². The van der Waals surface area contributed by atoms with E-state index in [1.54, 1.807) is 12.3 Å². The first-order valence-electron chi connectivity index (χ1n) is 6.02. The Morgan fingerprint density at radius 1 is 1.30 bits per heavy atom. The van der Waals surface area contributed by atoms with Crippen molar-refractivity contribution in [3.63, 3.8) is 0 Å². The smallest absolute Gasteiger partial charge is 0.266 e. The summed E-state index contributed by atoms with van der Waals surface area (Å²) in [6.07, 6.45) is 3.48. The van der Waals surface area contributed by atoms with Gasteiger partial charge in [-0.2, -0.15) is 0 Å². The Bertz CT molecular complexity index is 666. The Hall–Kier alpha value is -1.74. The van der Waals surface area contributed by atoms with Crippen molar-refractivity contribution in [2.75, 3.05) is 16.6 Å². The average Bonchev–Trinajstić information content (AvgIpc) is 2.81.